The van der Waals surface area contributed by atoms with E-state index in [0.29, 0.717) is 12.2 Å². The topological polar surface area (TPSA) is 17.1 Å². The molecule has 1 nitrogen and oxygen atoms in total. The molecule has 0 aliphatic heterocycles. The second kappa shape index (κ2) is 5.51. The van der Waals surface area contributed by atoms with Crippen LogP contribution in [-0.4, -0.2) is 16.8 Å². The average Bonchev–Trinajstić information content (AvgIpc) is 2.21. The Labute approximate surface area is 97.7 Å². The summed E-state index contributed by atoms with van der Waals surface area (Å²) in [6.07, 6.45) is 0.418. The molecule has 5 heteroatoms. The van der Waals surface area contributed by atoms with Crippen molar-refractivity contribution in [2.45, 2.75) is 11.7 Å². The highest BCUT2D eigenvalue weighted by atomic mass is 32.1. The minimum Gasteiger partial charge on any atom is -0.293 e. The molecule has 0 radical (unpaired) electrons. The SMILES string of the molecule is O=C(c1cc(F)ccc1F)C(S)CCS. The van der Waals surface area contributed by atoms with Crippen LogP contribution in [0, 0.1) is 11.6 Å². The van der Waals surface area contributed by atoms with Crippen LogP contribution in [0.4, 0.5) is 8.78 Å². The number of hydrogen-bond acceptors (Lipinski definition) is 3. The van der Waals surface area contributed by atoms with Crippen molar-refractivity contribution >= 4 is 31.0 Å². The molecule has 1 aromatic rings. The quantitative estimate of drug-likeness (QED) is 0.619. The fraction of sp³-hybridized carbons (Fsp3) is 0.300. The smallest absolute Gasteiger partial charge is 0.178 e. The normalized spacial score (nSPS) is 12.5. The van der Waals surface area contributed by atoms with Gasteiger partial charge in [-0.3, -0.25) is 4.79 Å². The molecule has 0 saturated heterocycles. The summed E-state index contributed by atoms with van der Waals surface area (Å²) in [6.45, 7) is 0. The lowest BCUT2D eigenvalue weighted by atomic mass is 10.1. The van der Waals surface area contributed by atoms with Crippen LogP contribution in [0.5, 0.6) is 0 Å². The first-order chi connectivity index (χ1) is 7.06. The molecule has 0 amide bonds. The molecule has 0 saturated carbocycles. The number of rotatable bonds is 4. The monoisotopic (exact) mass is 248 g/mol. The van der Waals surface area contributed by atoms with Crippen LogP contribution in [0.3, 0.4) is 0 Å². The van der Waals surface area contributed by atoms with Crippen molar-refractivity contribution in [2.24, 2.45) is 0 Å². The number of thiol groups is 2. The molecule has 1 unspecified atom stereocenters. The Hall–Kier alpha value is -0.550. The molecule has 0 N–H and O–H groups in total. The molecule has 0 aliphatic rings. The van der Waals surface area contributed by atoms with Crippen LogP contribution in [0.2, 0.25) is 0 Å². The van der Waals surface area contributed by atoms with Crippen molar-refractivity contribution in [1.82, 2.24) is 0 Å². The van der Waals surface area contributed by atoms with Gasteiger partial charge in [0, 0.05) is 0 Å². The van der Waals surface area contributed by atoms with Crippen LogP contribution < -0.4 is 0 Å². The van der Waals surface area contributed by atoms with E-state index in [1.807, 2.05) is 0 Å². The summed E-state index contributed by atoms with van der Waals surface area (Å²) in [5, 5.41) is -0.640. The molecule has 0 bridgehead atoms. The van der Waals surface area contributed by atoms with Crippen molar-refractivity contribution in [3.8, 4) is 0 Å². The highest BCUT2D eigenvalue weighted by Gasteiger charge is 2.19. The Balaban J connectivity index is 2.95. The molecule has 0 heterocycles. The van der Waals surface area contributed by atoms with Gasteiger partial charge in [-0.15, -0.1) is 0 Å². The van der Waals surface area contributed by atoms with Gasteiger partial charge in [-0.25, -0.2) is 8.78 Å². The van der Waals surface area contributed by atoms with Crippen LogP contribution in [-0.2, 0) is 0 Å². The Bertz CT molecular complexity index is 368. The van der Waals surface area contributed by atoms with Gasteiger partial charge in [0.05, 0.1) is 10.8 Å². The Morgan fingerprint density at radius 2 is 2.07 bits per heavy atom. The van der Waals surface area contributed by atoms with Gasteiger partial charge in [0.25, 0.3) is 0 Å². The van der Waals surface area contributed by atoms with E-state index in [1.54, 1.807) is 0 Å². The van der Waals surface area contributed by atoms with Crippen molar-refractivity contribution in [3.05, 3.63) is 35.4 Å². The number of hydrogen-bond donors (Lipinski definition) is 2. The first-order valence-electron chi connectivity index (χ1n) is 4.34. The third-order valence-electron chi connectivity index (χ3n) is 1.90. The van der Waals surface area contributed by atoms with Crippen LogP contribution >= 0.6 is 25.3 Å². The fourth-order valence-electron chi connectivity index (χ4n) is 1.12. The van der Waals surface area contributed by atoms with E-state index in [9.17, 15) is 13.6 Å². The molecule has 1 aromatic carbocycles. The number of carbonyl (C=O) groups excluding carboxylic acids is 1. The molecule has 15 heavy (non-hydrogen) atoms. The molecule has 1 rings (SSSR count). The van der Waals surface area contributed by atoms with Gasteiger partial charge in [-0.2, -0.15) is 25.3 Å². The summed E-state index contributed by atoms with van der Waals surface area (Å²) < 4.78 is 26.0. The second-order valence-corrected chi connectivity index (χ2v) is 4.09. The molecule has 0 aliphatic carbocycles. The predicted molar refractivity (Wildman–Crippen MR) is 61.9 cm³/mol. The summed E-state index contributed by atoms with van der Waals surface area (Å²) in [5.41, 5.74) is -0.253. The maximum atomic E-state index is 13.2. The molecular formula is C10H10F2OS2. The lowest BCUT2D eigenvalue weighted by Gasteiger charge is -2.08. The first kappa shape index (κ1) is 12.5. The highest BCUT2D eigenvalue weighted by molar-refractivity contribution is 7.82. The number of benzene rings is 1. The summed E-state index contributed by atoms with van der Waals surface area (Å²) in [6, 6.07) is 2.79. The van der Waals surface area contributed by atoms with E-state index in [4.69, 9.17) is 0 Å². The number of halogens is 2. The lowest BCUT2D eigenvalue weighted by Crippen LogP contribution is -2.17. The van der Waals surface area contributed by atoms with E-state index in [0.717, 1.165) is 18.2 Å². The largest absolute Gasteiger partial charge is 0.293 e. The number of ketones is 1. The van der Waals surface area contributed by atoms with E-state index < -0.39 is 22.7 Å². The molecule has 0 aromatic heterocycles. The standard InChI is InChI=1S/C10H10F2OS2/c11-6-1-2-8(12)7(5-6)10(13)9(15)3-4-14/h1-2,5,9,14-15H,3-4H2. The van der Waals surface area contributed by atoms with Crippen molar-refractivity contribution < 1.29 is 13.6 Å². The fourth-order valence-corrected chi connectivity index (χ4v) is 1.85. The van der Waals surface area contributed by atoms with E-state index >= 15 is 0 Å². The summed E-state index contributed by atoms with van der Waals surface area (Å²) in [7, 11) is 0. The summed E-state index contributed by atoms with van der Waals surface area (Å²) >= 11 is 7.95. The third kappa shape index (κ3) is 3.21. The Morgan fingerprint density at radius 1 is 1.40 bits per heavy atom. The Morgan fingerprint density at radius 3 is 2.67 bits per heavy atom. The molecular weight excluding hydrogens is 238 g/mol. The van der Waals surface area contributed by atoms with E-state index in [-0.39, 0.29) is 5.56 Å². The van der Waals surface area contributed by atoms with Crippen LogP contribution in [0.1, 0.15) is 16.8 Å². The van der Waals surface area contributed by atoms with Gasteiger partial charge in [0.15, 0.2) is 5.78 Å². The van der Waals surface area contributed by atoms with E-state index in [2.05, 4.69) is 25.3 Å². The minimum atomic E-state index is -0.723. The molecule has 82 valence electrons. The van der Waals surface area contributed by atoms with Crippen LogP contribution in [0.25, 0.3) is 0 Å². The van der Waals surface area contributed by atoms with Gasteiger partial charge >= 0.3 is 0 Å². The number of Topliss-reactive ketones (excluding diaryl/α,β-unsaturated/α-hetero) is 1. The van der Waals surface area contributed by atoms with E-state index in [1.165, 1.54) is 0 Å². The van der Waals surface area contributed by atoms with Crippen molar-refractivity contribution in [1.29, 1.82) is 0 Å². The zero-order valence-corrected chi connectivity index (χ0v) is 9.57. The Kier molecular flexibility index (Phi) is 4.60. The molecule has 1 atom stereocenters. The van der Waals surface area contributed by atoms with Crippen LogP contribution in [0.15, 0.2) is 18.2 Å². The zero-order chi connectivity index (χ0) is 11.4. The second-order valence-electron chi connectivity index (χ2n) is 3.02. The average molecular weight is 248 g/mol. The third-order valence-corrected chi connectivity index (χ3v) is 2.65. The van der Waals surface area contributed by atoms with Gasteiger partial charge in [0.1, 0.15) is 11.6 Å². The summed E-state index contributed by atoms with van der Waals surface area (Å²) in [5.74, 6) is -1.40. The van der Waals surface area contributed by atoms with Gasteiger partial charge in [-0.1, -0.05) is 0 Å². The van der Waals surface area contributed by atoms with Crippen molar-refractivity contribution in [2.75, 3.05) is 5.75 Å². The predicted octanol–water partition coefficient (Wildman–Crippen LogP) is 2.77. The van der Waals surface area contributed by atoms with Gasteiger partial charge in [0.2, 0.25) is 0 Å². The minimum absolute atomic E-state index is 0.253. The van der Waals surface area contributed by atoms with Gasteiger partial charge in [-0.05, 0) is 30.4 Å². The lowest BCUT2D eigenvalue weighted by molar-refractivity contribution is 0.0984. The maximum absolute atomic E-state index is 13.2. The van der Waals surface area contributed by atoms with Gasteiger partial charge < -0.3 is 0 Å². The number of carbonyl (C=O) groups is 1. The summed E-state index contributed by atoms with van der Waals surface area (Å²) in [4.78, 5) is 11.6. The highest BCUT2D eigenvalue weighted by Crippen LogP contribution is 2.16. The molecule has 0 spiro atoms. The first-order valence-corrected chi connectivity index (χ1v) is 5.49. The zero-order valence-electron chi connectivity index (χ0n) is 7.78. The maximum Gasteiger partial charge on any atom is 0.178 e. The van der Waals surface area contributed by atoms with Crippen molar-refractivity contribution in [3.63, 3.8) is 0 Å². The molecule has 0 fully saturated rings.